The van der Waals surface area contributed by atoms with Gasteiger partial charge in [0, 0.05) is 36.4 Å². The van der Waals surface area contributed by atoms with Gasteiger partial charge in [0.15, 0.2) is 16.5 Å². The zero-order valence-electron chi connectivity index (χ0n) is 20.1. The molecule has 0 bridgehead atoms. The van der Waals surface area contributed by atoms with Gasteiger partial charge in [0.05, 0.1) is 23.4 Å². The SMILES string of the molecule is COc1cc(-c2nc3sccn3c2-c2ccnc(NCCCNS(=O)(=O)c3ccc(O)cc3)n2)ccc1F. The number of hydrogen-bond acceptors (Lipinski definition) is 9. The molecule has 0 unspecified atom stereocenters. The van der Waals surface area contributed by atoms with Crippen LogP contribution in [-0.2, 0) is 10.0 Å². The minimum atomic E-state index is -3.67. The summed E-state index contributed by atoms with van der Waals surface area (Å²) in [6.07, 6.45) is 3.99. The predicted octanol–water partition coefficient (Wildman–Crippen LogP) is 4.15. The predicted molar refractivity (Wildman–Crippen MR) is 142 cm³/mol. The van der Waals surface area contributed by atoms with E-state index >= 15 is 0 Å². The summed E-state index contributed by atoms with van der Waals surface area (Å²) in [5, 5.41) is 14.4. The Morgan fingerprint density at radius 2 is 1.92 bits per heavy atom. The zero-order chi connectivity index (χ0) is 26.7. The van der Waals surface area contributed by atoms with Crippen LogP contribution in [0.5, 0.6) is 11.5 Å². The molecule has 2 aromatic carbocycles. The van der Waals surface area contributed by atoms with Crippen LogP contribution in [0.25, 0.3) is 27.6 Å². The van der Waals surface area contributed by atoms with Crippen molar-refractivity contribution < 1.29 is 22.7 Å². The number of thiazole rings is 1. The quantitative estimate of drug-likeness (QED) is 0.220. The number of methoxy groups -OCH3 is 1. The van der Waals surface area contributed by atoms with Gasteiger partial charge >= 0.3 is 0 Å². The number of nitrogens with one attached hydrogen (secondary N) is 2. The molecule has 0 spiro atoms. The van der Waals surface area contributed by atoms with Crippen LogP contribution in [0.3, 0.4) is 0 Å². The number of hydrogen-bond donors (Lipinski definition) is 3. The van der Waals surface area contributed by atoms with Crippen molar-refractivity contribution in [2.24, 2.45) is 0 Å². The first-order valence-corrected chi connectivity index (χ1v) is 13.9. The number of sulfonamides is 1. The summed E-state index contributed by atoms with van der Waals surface area (Å²) >= 11 is 1.47. The van der Waals surface area contributed by atoms with Crippen molar-refractivity contribution in [1.29, 1.82) is 0 Å². The van der Waals surface area contributed by atoms with Gasteiger partial charge in [-0.3, -0.25) is 4.40 Å². The van der Waals surface area contributed by atoms with E-state index in [2.05, 4.69) is 20.0 Å². The molecule has 0 fully saturated rings. The first-order valence-electron chi connectivity index (χ1n) is 11.5. The van der Waals surface area contributed by atoms with Crippen LogP contribution in [0.1, 0.15) is 6.42 Å². The highest BCUT2D eigenvalue weighted by Crippen LogP contribution is 2.35. The third kappa shape index (κ3) is 5.30. The maximum atomic E-state index is 14.0. The molecule has 0 aliphatic rings. The number of phenolic OH excluding ortho intramolecular Hbond substituents is 1. The lowest BCUT2D eigenvalue weighted by molar-refractivity contribution is 0.387. The van der Waals surface area contributed by atoms with E-state index in [-0.39, 0.29) is 22.9 Å². The van der Waals surface area contributed by atoms with E-state index in [1.54, 1.807) is 24.4 Å². The van der Waals surface area contributed by atoms with Crippen LogP contribution in [0, 0.1) is 5.82 Å². The van der Waals surface area contributed by atoms with Gasteiger partial charge in [0.25, 0.3) is 0 Å². The topological polar surface area (TPSA) is 131 Å². The highest BCUT2D eigenvalue weighted by molar-refractivity contribution is 7.89. The molecule has 0 aliphatic heterocycles. The Balaban J connectivity index is 1.30. The molecule has 0 radical (unpaired) electrons. The highest BCUT2D eigenvalue weighted by atomic mass is 32.2. The molecule has 0 saturated carbocycles. The summed E-state index contributed by atoms with van der Waals surface area (Å²) in [5.74, 6) is 0.0286. The number of nitrogens with zero attached hydrogens (tertiary/aromatic N) is 4. The Bertz CT molecular complexity index is 1690. The number of rotatable bonds is 10. The number of aromatic hydroxyl groups is 1. The summed E-state index contributed by atoms with van der Waals surface area (Å²) in [6, 6.07) is 11.7. The lowest BCUT2D eigenvalue weighted by Crippen LogP contribution is -2.26. The second-order valence-electron chi connectivity index (χ2n) is 8.15. The summed E-state index contributed by atoms with van der Waals surface area (Å²) in [5.41, 5.74) is 2.65. The molecule has 3 N–H and O–H groups in total. The standard InChI is InChI=1S/C25H23FN6O4S2/c1-36-21-15-16(3-8-19(21)26)22-23(32-13-14-37-25(32)31-22)20-9-12-28-24(30-20)27-10-2-11-29-38(34,35)18-6-4-17(33)5-7-18/h3-9,12-15,29,33H,2,10-11H2,1H3,(H,27,28,30). The van der Waals surface area contributed by atoms with Crippen LogP contribution in [-0.4, -0.2) is 53.1 Å². The van der Waals surface area contributed by atoms with Crippen LogP contribution in [0.2, 0.25) is 0 Å². The van der Waals surface area contributed by atoms with Crippen LogP contribution in [0.15, 0.2) is 71.2 Å². The number of phenols is 1. The number of anilines is 1. The van der Waals surface area contributed by atoms with Crippen LogP contribution < -0.4 is 14.8 Å². The van der Waals surface area contributed by atoms with Gasteiger partial charge < -0.3 is 15.2 Å². The molecule has 196 valence electrons. The lowest BCUT2D eigenvalue weighted by Gasteiger charge is -2.10. The van der Waals surface area contributed by atoms with Gasteiger partial charge in [-0.2, -0.15) is 0 Å². The molecule has 5 aromatic rings. The molecular weight excluding hydrogens is 531 g/mol. The summed E-state index contributed by atoms with van der Waals surface area (Å²) in [7, 11) is -2.26. The van der Waals surface area contributed by atoms with E-state index in [1.165, 1.54) is 48.8 Å². The zero-order valence-corrected chi connectivity index (χ0v) is 21.8. The van der Waals surface area contributed by atoms with Gasteiger partial charge in [-0.15, -0.1) is 11.3 Å². The number of ether oxygens (including phenoxy) is 1. The average Bonchev–Trinajstić information content (AvgIpc) is 3.51. The molecule has 5 rings (SSSR count). The van der Waals surface area contributed by atoms with Crippen LogP contribution >= 0.6 is 11.3 Å². The Morgan fingerprint density at radius 1 is 1.11 bits per heavy atom. The molecule has 13 heteroatoms. The van der Waals surface area contributed by atoms with Gasteiger partial charge in [-0.25, -0.2) is 32.5 Å². The van der Waals surface area contributed by atoms with Crippen molar-refractivity contribution in [2.75, 3.05) is 25.5 Å². The number of halogens is 1. The first kappa shape index (κ1) is 25.6. The molecule has 3 heterocycles. The number of fused-ring (bicyclic) bond motifs is 1. The largest absolute Gasteiger partial charge is 0.508 e. The smallest absolute Gasteiger partial charge is 0.240 e. The minimum Gasteiger partial charge on any atom is -0.508 e. The molecule has 0 saturated heterocycles. The molecule has 3 aromatic heterocycles. The molecule has 0 aliphatic carbocycles. The Morgan fingerprint density at radius 3 is 2.71 bits per heavy atom. The van der Waals surface area contributed by atoms with Crippen molar-refractivity contribution in [1.82, 2.24) is 24.1 Å². The monoisotopic (exact) mass is 554 g/mol. The summed E-state index contributed by atoms with van der Waals surface area (Å²) in [6.45, 7) is 0.619. The van der Waals surface area contributed by atoms with Gasteiger partial charge in [0.1, 0.15) is 11.4 Å². The van der Waals surface area contributed by atoms with Gasteiger partial charge in [-0.1, -0.05) is 0 Å². The third-order valence-corrected chi connectivity index (χ3v) is 7.89. The summed E-state index contributed by atoms with van der Waals surface area (Å²) < 4.78 is 48.4. The fourth-order valence-corrected chi connectivity index (χ4v) is 5.61. The molecule has 10 nitrogen and oxygen atoms in total. The Kier molecular flexibility index (Phi) is 7.22. The molecule has 0 atom stereocenters. The van der Waals surface area contributed by atoms with E-state index in [1.807, 2.05) is 16.0 Å². The second kappa shape index (κ2) is 10.7. The van der Waals surface area contributed by atoms with E-state index in [0.717, 1.165) is 10.7 Å². The van der Waals surface area contributed by atoms with Crippen LogP contribution in [0.4, 0.5) is 10.3 Å². The first-order chi connectivity index (χ1) is 18.4. The maximum Gasteiger partial charge on any atom is 0.240 e. The highest BCUT2D eigenvalue weighted by Gasteiger charge is 2.20. The van der Waals surface area contributed by atoms with Crippen molar-refractivity contribution in [2.45, 2.75) is 11.3 Å². The van der Waals surface area contributed by atoms with E-state index in [0.29, 0.717) is 35.9 Å². The van der Waals surface area contributed by atoms with E-state index in [9.17, 15) is 17.9 Å². The number of benzene rings is 2. The van der Waals surface area contributed by atoms with Crippen molar-refractivity contribution in [3.8, 4) is 34.1 Å². The summed E-state index contributed by atoms with van der Waals surface area (Å²) in [4.78, 5) is 14.5. The van der Waals surface area contributed by atoms with Crippen molar-refractivity contribution in [3.63, 3.8) is 0 Å². The molecular formula is C25H23FN6O4S2. The Labute approximate surface area is 221 Å². The minimum absolute atomic E-state index is 0.00412. The maximum absolute atomic E-state index is 14.0. The molecule has 38 heavy (non-hydrogen) atoms. The third-order valence-electron chi connectivity index (χ3n) is 5.66. The van der Waals surface area contributed by atoms with E-state index in [4.69, 9.17) is 9.72 Å². The fraction of sp³-hybridized carbons (Fsp3) is 0.160. The number of aromatic nitrogens is 4. The average molecular weight is 555 g/mol. The van der Waals surface area contributed by atoms with Crippen molar-refractivity contribution >= 4 is 32.3 Å². The van der Waals surface area contributed by atoms with Gasteiger partial charge in [0.2, 0.25) is 16.0 Å². The van der Waals surface area contributed by atoms with Gasteiger partial charge in [-0.05, 0) is 55.0 Å². The fourth-order valence-electron chi connectivity index (χ4n) is 3.82. The van der Waals surface area contributed by atoms with Crippen molar-refractivity contribution in [3.05, 3.63) is 72.1 Å². The van der Waals surface area contributed by atoms with E-state index < -0.39 is 15.8 Å². The number of imidazole rings is 1. The Hall–Kier alpha value is -4.07. The second-order valence-corrected chi connectivity index (χ2v) is 10.8. The molecule has 0 amide bonds. The lowest BCUT2D eigenvalue weighted by atomic mass is 10.1. The normalized spacial score (nSPS) is 11.6.